The van der Waals surface area contributed by atoms with Crippen molar-refractivity contribution in [3.8, 4) is 0 Å². The van der Waals surface area contributed by atoms with Gasteiger partial charge in [-0.3, -0.25) is 24.6 Å². The average molecular weight is 377 g/mol. The number of non-ortho nitro benzene ring substituents is 1. The van der Waals surface area contributed by atoms with Gasteiger partial charge in [0.1, 0.15) is 0 Å². The highest BCUT2D eigenvalue weighted by molar-refractivity contribution is 6.00. The molecule has 0 spiro atoms. The minimum absolute atomic E-state index is 0.0293. The van der Waals surface area contributed by atoms with Gasteiger partial charge in [0.2, 0.25) is 5.91 Å². The SMILES string of the molecule is CC(C)NC(=O)CN1CCN(C(=O)c2cc([N+](=O)[O-])ccc2N(C)C)CC1. The fraction of sp³-hybridized carbons (Fsp3) is 0.556. The average Bonchev–Trinajstić information content (AvgIpc) is 2.60. The lowest BCUT2D eigenvalue weighted by Crippen LogP contribution is -2.51. The summed E-state index contributed by atoms with van der Waals surface area (Å²) in [6.07, 6.45) is 0. The second kappa shape index (κ2) is 8.81. The van der Waals surface area contributed by atoms with Crippen LogP contribution < -0.4 is 10.2 Å². The van der Waals surface area contributed by atoms with Crippen LogP contribution in [-0.4, -0.2) is 79.4 Å². The zero-order chi connectivity index (χ0) is 20.1. The molecule has 9 heteroatoms. The van der Waals surface area contributed by atoms with E-state index in [1.807, 2.05) is 18.7 Å². The number of benzene rings is 1. The van der Waals surface area contributed by atoms with E-state index >= 15 is 0 Å². The zero-order valence-corrected chi connectivity index (χ0v) is 16.3. The summed E-state index contributed by atoms with van der Waals surface area (Å²) in [6, 6.07) is 4.42. The van der Waals surface area contributed by atoms with E-state index in [1.54, 1.807) is 30.0 Å². The second-order valence-electron chi connectivity index (χ2n) is 7.14. The number of carbonyl (C=O) groups excluding carboxylic acids is 2. The Morgan fingerprint density at radius 2 is 1.85 bits per heavy atom. The quantitative estimate of drug-likeness (QED) is 0.585. The molecular weight excluding hydrogens is 350 g/mol. The maximum atomic E-state index is 13.0. The number of nitro benzene ring substituents is 1. The van der Waals surface area contributed by atoms with E-state index < -0.39 is 4.92 Å². The van der Waals surface area contributed by atoms with Crippen molar-refractivity contribution in [3.63, 3.8) is 0 Å². The summed E-state index contributed by atoms with van der Waals surface area (Å²) >= 11 is 0. The molecule has 0 aliphatic carbocycles. The number of amides is 2. The molecule has 0 aromatic heterocycles. The largest absolute Gasteiger partial charge is 0.377 e. The van der Waals surface area contributed by atoms with Crippen molar-refractivity contribution >= 4 is 23.2 Å². The molecule has 0 radical (unpaired) electrons. The maximum absolute atomic E-state index is 13.0. The summed E-state index contributed by atoms with van der Waals surface area (Å²) in [4.78, 5) is 40.9. The van der Waals surface area contributed by atoms with Crippen LogP contribution in [0.1, 0.15) is 24.2 Å². The summed E-state index contributed by atoms with van der Waals surface area (Å²) in [7, 11) is 3.59. The summed E-state index contributed by atoms with van der Waals surface area (Å²) in [5.41, 5.74) is 0.859. The van der Waals surface area contributed by atoms with Gasteiger partial charge in [0.15, 0.2) is 0 Å². The topological polar surface area (TPSA) is 99.0 Å². The highest BCUT2D eigenvalue weighted by Crippen LogP contribution is 2.26. The van der Waals surface area contributed by atoms with Gasteiger partial charge in [-0.2, -0.15) is 0 Å². The summed E-state index contributed by atoms with van der Waals surface area (Å²) < 4.78 is 0. The predicted molar refractivity (Wildman–Crippen MR) is 103 cm³/mol. The first-order valence-electron chi connectivity index (χ1n) is 8.95. The van der Waals surface area contributed by atoms with Crippen molar-refractivity contribution in [2.24, 2.45) is 0 Å². The molecule has 1 aliphatic heterocycles. The maximum Gasteiger partial charge on any atom is 0.270 e. The Kier molecular flexibility index (Phi) is 6.73. The van der Waals surface area contributed by atoms with Crippen LogP contribution in [0.4, 0.5) is 11.4 Å². The van der Waals surface area contributed by atoms with Crippen LogP contribution in [0.2, 0.25) is 0 Å². The first-order valence-corrected chi connectivity index (χ1v) is 8.95. The molecule has 27 heavy (non-hydrogen) atoms. The van der Waals surface area contributed by atoms with Gasteiger partial charge < -0.3 is 15.1 Å². The van der Waals surface area contributed by atoms with Crippen molar-refractivity contribution in [1.29, 1.82) is 0 Å². The molecular formula is C18H27N5O4. The Bertz CT molecular complexity index is 712. The van der Waals surface area contributed by atoms with Crippen molar-refractivity contribution in [3.05, 3.63) is 33.9 Å². The van der Waals surface area contributed by atoms with E-state index in [0.717, 1.165) is 0 Å². The second-order valence-corrected chi connectivity index (χ2v) is 7.14. The first-order chi connectivity index (χ1) is 12.7. The van der Waals surface area contributed by atoms with Crippen LogP contribution in [0.5, 0.6) is 0 Å². The van der Waals surface area contributed by atoms with Gasteiger partial charge in [0.25, 0.3) is 11.6 Å². The molecule has 2 rings (SSSR count). The highest BCUT2D eigenvalue weighted by atomic mass is 16.6. The van der Waals surface area contributed by atoms with E-state index in [4.69, 9.17) is 0 Å². The van der Waals surface area contributed by atoms with E-state index in [-0.39, 0.29) is 23.5 Å². The van der Waals surface area contributed by atoms with Gasteiger partial charge in [0, 0.05) is 64.1 Å². The summed E-state index contributed by atoms with van der Waals surface area (Å²) in [6.45, 7) is 6.26. The number of nitrogens with one attached hydrogen (secondary N) is 1. The van der Waals surface area contributed by atoms with Crippen LogP contribution in [0.15, 0.2) is 18.2 Å². The van der Waals surface area contributed by atoms with Gasteiger partial charge in [-0.05, 0) is 19.9 Å². The molecule has 1 aromatic rings. The third kappa shape index (κ3) is 5.40. The fourth-order valence-corrected chi connectivity index (χ4v) is 3.05. The number of rotatable bonds is 6. The molecule has 1 fully saturated rings. The lowest BCUT2D eigenvalue weighted by molar-refractivity contribution is -0.384. The van der Waals surface area contributed by atoms with Crippen molar-refractivity contribution in [2.45, 2.75) is 19.9 Å². The van der Waals surface area contributed by atoms with Crippen LogP contribution in [-0.2, 0) is 4.79 Å². The van der Waals surface area contributed by atoms with Crippen LogP contribution in [0, 0.1) is 10.1 Å². The molecule has 1 N–H and O–H groups in total. The lowest BCUT2D eigenvalue weighted by atomic mass is 10.1. The third-order valence-electron chi connectivity index (χ3n) is 4.38. The molecule has 1 heterocycles. The monoisotopic (exact) mass is 377 g/mol. The van der Waals surface area contributed by atoms with Crippen molar-refractivity contribution < 1.29 is 14.5 Å². The number of piperazine rings is 1. The van der Waals surface area contributed by atoms with Gasteiger partial charge in [-0.25, -0.2) is 0 Å². The number of anilines is 1. The molecule has 9 nitrogen and oxygen atoms in total. The Morgan fingerprint density at radius 1 is 1.22 bits per heavy atom. The Labute approximate surface area is 159 Å². The van der Waals surface area contributed by atoms with Crippen LogP contribution >= 0.6 is 0 Å². The molecule has 1 saturated heterocycles. The summed E-state index contributed by atoms with van der Waals surface area (Å²) in [5.74, 6) is -0.257. The number of nitro groups is 1. The van der Waals surface area contributed by atoms with Gasteiger partial charge in [-0.15, -0.1) is 0 Å². The number of hydrogen-bond donors (Lipinski definition) is 1. The molecule has 1 aliphatic rings. The Morgan fingerprint density at radius 3 is 2.37 bits per heavy atom. The fourth-order valence-electron chi connectivity index (χ4n) is 3.05. The summed E-state index contributed by atoms with van der Waals surface area (Å²) in [5, 5.41) is 13.9. The normalized spacial score (nSPS) is 14.9. The number of nitrogens with zero attached hydrogens (tertiary/aromatic N) is 4. The van der Waals surface area contributed by atoms with Crippen molar-refractivity contribution in [2.75, 3.05) is 51.7 Å². The van der Waals surface area contributed by atoms with E-state index in [2.05, 4.69) is 5.32 Å². The minimum atomic E-state index is -0.499. The molecule has 0 atom stereocenters. The Balaban J connectivity index is 2.06. The molecule has 0 bridgehead atoms. The lowest BCUT2D eigenvalue weighted by Gasteiger charge is -2.35. The smallest absolute Gasteiger partial charge is 0.270 e. The van der Waals surface area contributed by atoms with Gasteiger partial charge in [-0.1, -0.05) is 0 Å². The number of hydrogen-bond acceptors (Lipinski definition) is 6. The van der Waals surface area contributed by atoms with E-state index in [0.29, 0.717) is 44.0 Å². The third-order valence-corrected chi connectivity index (χ3v) is 4.38. The molecule has 0 saturated carbocycles. The Hall–Kier alpha value is -2.68. The van der Waals surface area contributed by atoms with Gasteiger partial charge >= 0.3 is 0 Å². The van der Waals surface area contributed by atoms with Crippen molar-refractivity contribution in [1.82, 2.24) is 15.1 Å². The highest BCUT2D eigenvalue weighted by Gasteiger charge is 2.26. The number of carbonyl (C=O) groups is 2. The van der Waals surface area contributed by atoms with Gasteiger partial charge in [0.05, 0.1) is 17.0 Å². The van der Waals surface area contributed by atoms with Crippen LogP contribution in [0.25, 0.3) is 0 Å². The first kappa shape index (κ1) is 20.6. The predicted octanol–water partition coefficient (Wildman–Crippen LogP) is 0.943. The van der Waals surface area contributed by atoms with Crippen LogP contribution in [0.3, 0.4) is 0 Å². The minimum Gasteiger partial charge on any atom is -0.377 e. The molecule has 1 aromatic carbocycles. The molecule has 2 amide bonds. The van der Waals surface area contributed by atoms with E-state index in [9.17, 15) is 19.7 Å². The zero-order valence-electron chi connectivity index (χ0n) is 16.3. The molecule has 0 unspecified atom stereocenters. The standard InChI is InChI=1S/C18H27N5O4/c1-13(2)19-17(24)12-21-7-9-22(10-8-21)18(25)15-11-14(23(26)27)5-6-16(15)20(3)4/h5-6,11,13H,7-10,12H2,1-4H3,(H,19,24). The van der Waals surface area contributed by atoms with E-state index in [1.165, 1.54) is 12.1 Å². The molecule has 148 valence electrons.